The summed E-state index contributed by atoms with van der Waals surface area (Å²) in [6.07, 6.45) is 12.8. The molecule has 0 aromatic rings. The van der Waals surface area contributed by atoms with Gasteiger partial charge in [0.1, 0.15) is 0 Å². The molecule has 0 unspecified atom stereocenters. The maximum Gasteiger partial charge on any atom is 0.303 e. The van der Waals surface area contributed by atoms with Crippen LogP contribution in [0.1, 0.15) is 94.4 Å². The van der Waals surface area contributed by atoms with E-state index >= 15 is 0 Å². The first-order valence-corrected chi connectivity index (χ1v) is 7.13. The normalized spacial score (nSPS) is 14.0. The molecule has 102 valence electrons. The predicted molar refractivity (Wildman–Crippen MR) is 73.3 cm³/mol. The second-order valence-corrected chi connectivity index (χ2v) is 4.78. The molecule has 0 radical (unpaired) electrons. The molecule has 0 aliphatic heterocycles. The van der Waals surface area contributed by atoms with Gasteiger partial charge in [-0.25, -0.2) is 0 Å². The van der Waals surface area contributed by atoms with E-state index in [-0.39, 0.29) is 0 Å². The number of aliphatic carboxylic acids is 1. The average molecular weight is 245 g/mol. The lowest BCUT2D eigenvalue weighted by Gasteiger charge is -2.02. The molecular formula is C15H30O2. The summed E-state index contributed by atoms with van der Waals surface area (Å²) < 4.78 is 21.3. The minimum absolute atomic E-state index is 0.302. The van der Waals surface area contributed by atoms with Gasteiger partial charge in [-0.3, -0.25) is 4.79 Å². The Kier molecular flexibility index (Phi) is 9.20. The zero-order valence-electron chi connectivity index (χ0n) is 14.0. The van der Waals surface area contributed by atoms with E-state index in [2.05, 4.69) is 0 Å². The topological polar surface area (TPSA) is 37.3 Å². The highest BCUT2D eigenvalue weighted by Gasteiger charge is 1.96. The molecular weight excluding hydrogens is 212 g/mol. The molecule has 0 saturated heterocycles. The second-order valence-electron chi connectivity index (χ2n) is 4.78. The van der Waals surface area contributed by atoms with Crippen LogP contribution in [0.2, 0.25) is 0 Å². The number of unbranched alkanes of at least 4 members (excludes halogenated alkanes) is 10. The third-order valence-corrected chi connectivity index (χ3v) is 3.07. The first kappa shape index (κ1) is 11.6. The van der Waals surface area contributed by atoms with Gasteiger partial charge in [-0.1, -0.05) is 77.5 Å². The van der Waals surface area contributed by atoms with E-state index < -0.39 is 12.8 Å². The van der Waals surface area contributed by atoms with Crippen molar-refractivity contribution in [1.82, 2.24) is 0 Å². The highest BCUT2D eigenvalue weighted by atomic mass is 16.4. The monoisotopic (exact) mass is 245 g/mol. The zero-order chi connectivity index (χ0) is 15.3. The van der Waals surface area contributed by atoms with Crippen molar-refractivity contribution >= 4 is 5.97 Å². The predicted octanol–water partition coefficient (Wildman–Crippen LogP) is 5.16. The Labute approximate surface area is 111 Å². The van der Waals surface area contributed by atoms with E-state index in [1.807, 2.05) is 0 Å². The summed E-state index contributed by atoms with van der Waals surface area (Å²) in [4.78, 5) is 10.3. The van der Waals surface area contributed by atoms with E-state index in [0.29, 0.717) is 12.8 Å². The highest BCUT2D eigenvalue weighted by Crippen LogP contribution is 2.12. The maximum atomic E-state index is 10.3. The van der Waals surface area contributed by atoms with Crippen molar-refractivity contribution < 1.29 is 14.0 Å². The molecule has 0 atom stereocenters. The van der Waals surface area contributed by atoms with Crippen molar-refractivity contribution in [2.45, 2.75) is 90.3 Å². The molecule has 0 aromatic carbocycles. The number of carboxylic acid groups (broad SMARTS) is 1. The Bertz CT molecular complexity index is 240. The number of hydrogen-bond acceptors (Lipinski definition) is 1. The Balaban J connectivity index is 3.05. The van der Waals surface area contributed by atoms with Crippen LogP contribution in [0, 0.1) is 0 Å². The SMILES string of the molecule is [2H]C([2H])([2H])CCCCCCCCCCCCCC(=O)O. The summed E-state index contributed by atoms with van der Waals surface area (Å²) in [5.74, 6) is -0.691. The van der Waals surface area contributed by atoms with Crippen LogP contribution in [0.5, 0.6) is 0 Å². The van der Waals surface area contributed by atoms with Crippen molar-refractivity contribution in [3.8, 4) is 0 Å². The summed E-state index contributed by atoms with van der Waals surface area (Å²) >= 11 is 0. The quantitative estimate of drug-likeness (QED) is 0.455. The van der Waals surface area contributed by atoms with Gasteiger partial charge in [0.2, 0.25) is 0 Å². The second kappa shape index (κ2) is 13.5. The van der Waals surface area contributed by atoms with E-state index in [1.165, 1.54) is 32.1 Å². The van der Waals surface area contributed by atoms with Gasteiger partial charge in [0.25, 0.3) is 0 Å². The highest BCUT2D eigenvalue weighted by molar-refractivity contribution is 5.66. The third kappa shape index (κ3) is 15.5. The number of rotatable bonds is 13. The lowest BCUT2D eigenvalue weighted by molar-refractivity contribution is -0.137. The fourth-order valence-corrected chi connectivity index (χ4v) is 1.99. The number of carboxylic acids is 1. The number of carbonyl (C=O) groups is 1. The van der Waals surface area contributed by atoms with Crippen LogP contribution in [-0.4, -0.2) is 11.1 Å². The van der Waals surface area contributed by atoms with E-state index in [4.69, 9.17) is 9.22 Å². The summed E-state index contributed by atoms with van der Waals surface area (Å²) in [6.45, 7) is -1.75. The van der Waals surface area contributed by atoms with Crippen LogP contribution in [0.25, 0.3) is 0 Å². The standard InChI is InChI=1S/C15H30O2/c1-2-3-4-5-6-7-8-9-10-11-12-13-14-15(16)17/h2-14H2,1H3,(H,16,17)/i1D3. The van der Waals surface area contributed by atoms with Crippen molar-refractivity contribution in [2.75, 3.05) is 0 Å². The van der Waals surface area contributed by atoms with Crippen molar-refractivity contribution in [1.29, 1.82) is 0 Å². The van der Waals surface area contributed by atoms with Gasteiger partial charge < -0.3 is 5.11 Å². The molecule has 2 nitrogen and oxygen atoms in total. The molecule has 0 heterocycles. The fourth-order valence-electron chi connectivity index (χ4n) is 1.99. The molecule has 0 spiro atoms. The van der Waals surface area contributed by atoms with Crippen LogP contribution in [-0.2, 0) is 4.79 Å². The molecule has 0 amide bonds. The van der Waals surface area contributed by atoms with Crippen LogP contribution in [0.4, 0.5) is 0 Å². The lowest BCUT2D eigenvalue weighted by Crippen LogP contribution is -1.93. The fraction of sp³-hybridized carbons (Fsp3) is 0.933. The minimum atomic E-state index is -1.75. The van der Waals surface area contributed by atoms with Gasteiger partial charge in [-0.15, -0.1) is 0 Å². The Morgan fingerprint density at radius 1 is 0.824 bits per heavy atom. The van der Waals surface area contributed by atoms with Crippen LogP contribution in [0.3, 0.4) is 0 Å². The molecule has 0 bridgehead atoms. The van der Waals surface area contributed by atoms with Crippen molar-refractivity contribution in [3.05, 3.63) is 0 Å². The molecule has 2 heteroatoms. The Morgan fingerprint density at radius 2 is 1.24 bits per heavy atom. The van der Waals surface area contributed by atoms with Crippen LogP contribution >= 0.6 is 0 Å². The van der Waals surface area contributed by atoms with Gasteiger partial charge in [-0.05, 0) is 6.42 Å². The molecule has 0 saturated carbocycles. The van der Waals surface area contributed by atoms with Crippen LogP contribution in [0.15, 0.2) is 0 Å². The maximum absolute atomic E-state index is 10.3. The van der Waals surface area contributed by atoms with Gasteiger partial charge in [-0.2, -0.15) is 0 Å². The minimum Gasteiger partial charge on any atom is -0.481 e. The molecule has 0 aliphatic carbocycles. The first-order chi connectivity index (χ1) is 9.42. The van der Waals surface area contributed by atoms with E-state index in [0.717, 1.165) is 38.5 Å². The van der Waals surface area contributed by atoms with E-state index in [9.17, 15) is 4.79 Å². The summed E-state index contributed by atoms with van der Waals surface area (Å²) in [6, 6.07) is 0. The molecule has 0 fully saturated rings. The first-order valence-electron chi connectivity index (χ1n) is 8.63. The number of hydrogen-bond donors (Lipinski definition) is 1. The summed E-state index contributed by atoms with van der Waals surface area (Å²) in [5, 5.41) is 8.49. The molecule has 0 aromatic heterocycles. The average Bonchev–Trinajstić information content (AvgIpc) is 2.33. The van der Waals surface area contributed by atoms with Gasteiger partial charge in [0, 0.05) is 10.5 Å². The molecule has 0 rings (SSSR count). The molecule has 0 aliphatic rings. The molecule has 17 heavy (non-hydrogen) atoms. The van der Waals surface area contributed by atoms with Gasteiger partial charge >= 0.3 is 5.97 Å². The largest absolute Gasteiger partial charge is 0.481 e. The van der Waals surface area contributed by atoms with Gasteiger partial charge in [0.05, 0.1) is 0 Å². The van der Waals surface area contributed by atoms with Crippen molar-refractivity contribution in [3.63, 3.8) is 0 Å². The summed E-state index contributed by atoms with van der Waals surface area (Å²) in [5.41, 5.74) is 0. The Hall–Kier alpha value is -0.530. The van der Waals surface area contributed by atoms with E-state index in [1.54, 1.807) is 0 Å². The zero-order valence-corrected chi connectivity index (χ0v) is 11.0. The van der Waals surface area contributed by atoms with Crippen LogP contribution < -0.4 is 0 Å². The Morgan fingerprint density at radius 3 is 1.65 bits per heavy atom. The van der Waals surface area contributed by atoms with Crippen molar-refractivity contribution in [2.24, 2.45) is 0 Å². The van der Waals surface area contributed by atoms with Gasteiger partial charge in [0.15, 0.2) is 0 Å². The lowest BCUT2D eigenvalue weighted by atomic mass is 10.0. The summed E-state index contributed by atoms with van der Waals surface area (Å²) in [7, 11) is 0. The molecule has 1 N–H and O–H groups in total. The smallest absolute Gasteiger partial charge is 0.303 e. The third-order valence-electron chi connectivity index (χ3n) is 3.07.